The first-order chi connectivity index (χ1) is 7.11. The van der Waals surface area contributed by atoms with Crippen molar-refractivity contribution in [1.29, 1.82) is 0 Å². The van der Waals surface area contributed by atoms with Gasteiger partial charge < -0.3 is 0 Å². The predicted molar refractivity (Wildman–Crippen MR) is 66.0 cm³/mol. The summed E-state index contributed by atoms with van der Waals surface area (Å²) in [5.41, 5.74) is 0. The molecule has 0 N–H and O–H groups in total. The Hall–Kier alpha value is -0.0400. The molecule has 0 aromatic rings. The fourth-order valence-electron chi connectivity index (χ4n) is 3.92. The molecule has 1 saturated heterocycles. The van der Waals surface area contributed by atoms with Crippen LogP contribution in [0.25, 0.3) is 0 Å². The van der Waals surface area contributed by atoms with Gasteiger partial charge in [-0.25, -0.2) is 0 Å². The average Bonchev–Trinajstić information content (AvgIpc) is 2.56. The molecule has 1 heteroatoms. The molecule has 1 aliphatic heterocycles. The average molecular weight is 209 g/mol. The highest BCUT2D eigenvalue weighted by atomic mass is 15.2. The third kappa shape index (κ3) is 2.08. The molecule has 3 atom stereocenters. The normalized spacial score (nSPS) is 37.6. The zero-order valence-electron chi connectivity index (χ0n) is 10.9. The van der Waals surface area contributed by atoms with E-state index >= 15 is 0 Å². The first kappa shape index (κ1) is 11.4. The fraction of sp³-hybridized carbons (Fsp3) is 1.00. The number of nitrogens with zero attached hydrogens (tertiary/aromatic N) is 1. The molecule has 2 aliphatic rings. The monoisotopic (exact) mass is 209 g/mol. The van der Waals surface area contributed by atoms with Gasteiger partial charge in [0.1, 0.15) is 0 Å². The van der Waals surface area contributed by atoms with Crippen LogP contribution in [0.2, 0.25) is 0 Å². The van der Waals surface area contributed by atoms with Crippen LogP contribution in [0.5, 0.6) is 0 Å². The van der Waals surface area contributed by atoms with E-state index in [9.17, 15) is 0 Å². The Balaban J connectivity index is 2.14. The Labute approximate surface area is 95.2 Å². The molecular formula is C14H27N. The van der Waals surface area contributed by atoms with Gasteiger partial charge in [-0.1, -0.05) is 26.7 Å². The van der Waals surface area contributed by atoms with Crippen molar-refractivity contribution in [3.05, 3.63) is 0 Å². The summed E-state index contributed by atoms with van der Waals surface area (Å²) in [6.07, 6.45) is 7.39. The van der Waals surface area contributed by atoms with Crippen LogP contribution in [0, 0.1) is 11.8 Å². The molecule has 0 aromatic heterocycles. The van der Waals surface area contributed by atoms with Crippen molar-refractivity contribution in [2.75, 3.05) is 0 Å². The van der Waals surface area contributed by atoms with Crippen molar-refractivity contribution in [1.82, 2.24) is 4.90 Å². The lowest BCUT2D eigenvalue weighted by Crippen LogP contribution is -2.45. The molecule has 1 aliphatic carbocycles. The molecule has 15 heavy (non-hydrogen) atoms. The van der Waals surface area contributed by atoms with Crippen molar-refractivity contribution >= 4 is 0 Å². The quantitative estimate of drug-likeness (QED) is 0.670. The highest BCUT2D eigenvalue weighted by Crippen LogP contribution is 2.42. The molecule has 0 spiro atoms. The number of rotatable bonds is 2. The molecular weight excluding hydrogens is 182 g/mol. The van der Waals surface area contributed by atoms with Crippen LogP contribution < -0.4 is 0 Å². The van der Waals surface area contributed by atoms with Crippen molar-refractivity contribution < 1.29 is 0 Å². The standard InChI is InChI=1S/C14H27N/c1-10(2)14-9-12-7-5-6-8-13(12)15(14)11(3)4/h10-14H,5-9H2,1-4H3. The zero-order chi connectivity index (χ0) is 11.0. The minimum atomic E-state index is 0.741. The lowest BCUT2D eigenvalue weighted by Gasteiger charge is -2.38. The van der Waals surface area contributed by atoms with E-state index in [0.717, 1.165) is 30.0 Å². The molecule has 0 amide bonds. The summed E-state index contributed by atoms with van der Waals surface area (Å²) < 4.78 is 0. The van der Waals surface area contributed by atoms with Gasteiger partial charge in [0.25, 0.3) is 0 Å². The van der Waals surface area contributed by atoms with Crippen molar-refractivity contribution in [3.63, 3.8) is 0 Å². The van der Waals surface area contributed by atoms with Gasteiger partial charge in [-0.3, -0.25) is 4.90 Å². The van der Waals surface area contributed by atoms with E-state index in [2.05, 4.69) is 32.6 Å². The summed E-state index contributed by atoms with van der Waals surface area (Å²) in [4.78, 5) is 2.84. The molecule has 0 radical (unpaired) electrons. The zero-order valence-corrected chi connectivity index (χ0v) is 10.9. The van der Waals surface area contributed by atoms with Gasteiger partial charge >= 0.3 is 0 Å². The molecule has 1 heterocycles. The van der Waals surface area contributed by atoms with Crippen LogP contribution in [-0.2, 0) is 0 Å². The van der Waals surface area contributed by atoms with E-state index in [1.165, 1.54) is 32.1 Å². The van der Waals surface area contributed by atoms with Crippen molar-refractivity contribution in [2.45, 2.75) is 77.9 Å². The Kier molecular flexibility index (Phi) is 3.39. The summed E-state index contributed by atoms with van der Waals surface area (Å²) >= 11 is 0. The lowest BCUT2D eigenvalue weighted by atomic mass is 9.84. The van der Waals surface area contributed by atoms with Gasteiger partial charge in [-0.15, -0.1) is 0 Å². The number of fused-ring (bicyclic) bond motifs is 1. The first-order valence-corrected chi connectivity index (χ1v) is 6.88. The SMILES string of the molecule is CC(C)C1CC2CCCCC2N1C(C)C. The summed E-state index contributed by atoms with van der Waals surface area (Å²) in [6.45, 7) is 9.56. The van der Waals surface area contributed by atoms with Crippen LogP contribution in [-0.4, -0.2) is 23.0 Å². The van der Waals surface area contributed by atoms with E-state index in [0.29, 0.717) is 0 Å². The Morgan fingerprint density at radius 1 is 1.00 bits per heavy atom. The van der Waals surface area contributed by atoms with Crippen LogP contribution in [0.3, 0.4) is 0 Å². The van der Waals surface area contributed by atoms with Crippen molar-refractivity contribution in [3.8, 4) is 0 Å². The number of likely N-dealkylation sites (tertiary alicyclic amines) is 1. The van der Waals surface area contributed by atoms with Gasteiger partial charge in [-0.05, 0) is 44.9 Å². The van der Waals surface area contributed by atoms with Gasteiger partial charge in [0.05, 0.1) is 0 Å². The molecule has 1 saturated carbocycles. The highest BCUT2D eigenvalue weighted by molar-refractivity contribution is 4.97. The highest BCUT2D eigenvalue weighted by Gasteiger charge is 2.43. The van der Waals surface area contributed by atoms with Gasteiger partial charge in [0.2, 0.25) is 0 Å². The molecule has 0 aromatic carbocycles. The van der Waals surface area contributed by atoms with Gasteiger partial charge in [0, 0.05) is 18.1 Å². The summed E-state index contributed by atoms with van der Waals surface area (Å²) in [5.74, 6) is 1.85. The van der Waals surface area contributed by atoms with Gasteiger partial charge in [0.15, 0.2) is 0 Å². The third-order valence-electron chi connectivity index (χ3n) is 4.54. The molecule has 88 valence electrons. The smallest absolute Gasteiger partial charge is 0.0130 e. The summed E-state index contributed by atoms with van der Waals surface area (Å²) in [7, 11) is 0. The van der Waals surface area contributed by atoms with Crippen LogP contribution >= 0.6 is 0 Å². The second-order valence-corrected chi connectivity index (χ2v) is 6.20. The molecule has 3 unspecified atom stereocenters. The minimum absolute atomic E-state index is 0.741. The van der Waals surface area contributed by atoms with E-state index in [-0.39, 0.29) is 0 Å². The maximum atomic E-state index is 2.84. The molecule has 2 rings (SSSR count). The second kappa shape index (κ2) is 4.45. The molecule has 1 nitrogen and oxygen atoms in total. The topological polar surface area (TPSA) is 3.24 Å². The van der Waals surface area contributed by atoms with Crippen LogP contribution in [0.15, 0.2) is 0 Å². The van der Waals surface area contributed by atoms with Crippen LogP contribution in [0.4, 0.5) is 0 Å². The van der Waals surface area contributed by atoms with Crippen LogP contribution in [0.1, 0.15) is 59.8 Å². The van der Waals surface area contributed by atoms with E-state index in [4.69, 9.17) is 0 Å². The maximum Gasteiger partial charge on any atom is 0.0130 e. The minimum Gasteiger partial charge on any atom is -0.295 e. The second-order valence-electron chi connectivity index (χ2n) is 6.20. The first-order valence-electron chi connectivity index (χ1n) is 6.88. The maximum absolute atomic E-state index is 2.84. The number of hydrogen-bond acceptors (Lipinski definition) is 1. The fourth-order valence-corrected chi connectivity index (χ4v) is 3.92. The van der Waals surface area contributed by atoms with E-state index < -0.39 is 0 Å². The molecule has 2 fully saturated rings. The Morgan fingerprint density at radius 3 is 2.27 bits per heavy atom. The van der Waals surface area contributed by atoms with Crippen molar-refractivity contribution in [2.24, 2.45) is 11.8 Å². The summed E-state index contributed by atoms with van der Waals surface area (Å²) in [6, 6.07) is 2.52. The summed E-state index contributed by atoms with van der Waals surface area (Å²) in [5, 5.41) is 0. The van der Waals surface area contributed by atoms with E-state index in [1.54, 1.807) is 0 Å². The third-order valence-corrected chi connectivity index (χ3v) is 4.54. The Bertz CT molecular complexity index is 207. The lowest BCUT2D eigenvalue weighted by molar-refractivity contribution is 0.0958. The Morgan fingerprint density at radius 2 is 1.67 bits per heavy atom. The molecule has 0 bridgehead atoms. The predicted octanol–water partition coefficient (Wildman–Crippen LogP) is 3.68. The number of hydrogen-bond donors (Lipinski definition) is 0. The largest absolute Gasteiger partial charge is 0.295 e. The van der Waals surface area contributed by atoms with E-state index in [1.807, 2.05) is 0 Å². The van der Waals surface area contributed by atoms with Gasteiger partial charge in [-0.2, -0.15) is 0 Å².